The summed E-state index contributed by atoms with van der Waals surface area (Å²) < 4.78 is 0. The smallest absolute Gasteiger partial charge is 0.279 e. The molecule has 2 rings (SSSR count). The Morgan fingerprint density at radius 2 is 1.90 bits per heavy atom. The molecule has 21 heavy (non-hydrogen) atoms. The second kappa shape index (κ2) is 7.25. The van der Waals surface area contributed by atoms with Crippen LogP contribution in [0, 0.1) is 6.92 Å². The third-order valence-corrected chi connectivity index (χ3v) is 3.67. The normalized spacial score (nSPS) is 12.0. The number of likely N-dealkylation sites (N-methyl/N-ethyl adjacent to an activating group) is 1. The Hall–Kier alpha value is -1.84. The van der Waals surface area contributed by atoms with Crippen LogP contribution in [-0.2, 0) is 11.3 Å². The molecule has 2 aromatic carbocycles. The van der Waals surface area contributed by atoms with Gasteiger partial charge in [-0.2, -0.15) is 0 Å². The molecular weight excluding hydrogens is 284 g/mol. The van der Waals surface area contributed by atoms with Gasteiger partial charge in [0, 0.05) is 16.3 Å². The van der Waals surface area contributed by atoms with E-state index in [0.29, 0.717) is 11.6 Å². The number of hydrogen-bond acceptors (Lipinski definition) is 1. The average molecular weight is 304 g/mol. The van der Waals surface area contributed by atoms with E-state index in [1.54, 1.807) is 6.07 Å². The zero-order valence-electron chi connectivity index (χ0n) is 12.3. The highest BCUT2D eigenvalue weighted by molar-refractivity contribution is 6.31. The highest BCUT2D eigenvalue weighted by Gasteiger charge is 2.11. The summed E-state index contributed by atoms with van der Waals surface area (Å²) in [5.41, 5.74) is 2.96. The fraction of sp³-hybridized carbons (Fsp3) is 0.235. The molecule has 3 nitrogen and oxygen atoms in total. The predicted molar refractivity (Wildman–Crippen MR) is 86.7 cm³/mol. The molecule has 0 aliphatic carbocycles. The number of benzene rings is 2. The minimum absolute atomic E-state index is 0.0108. The largest absolute Gasteiger partial charge is 0.326 e. The average Bonchev–Trinajstić information content (AvgIpc) is 2.43. The highest BCUT2D eigenvalue weighted by atomic mass is 35.5. The number of carbonyl (C=O) groups excluding carboxylic acids is 1. The number of halogens is 1. The van der Waals surface area contributed by atoms with Crippen LogP contribution in [0.3, 0.4) is 0 Å². The lowest BCUT2D eigenvalue weighted by Gasteiger charge is -2.14. The topological polar surface area (TPSA) is 33.5 Å². The Bertz CT molecular complexity index is 613. The summed E-state index contributed by atoms with van der Waals surface area (Å²) in [6.45, 7) is 3.18. The fourth-order valence-corrected chi connectivity index (χ4v) is 2.34. The fourth-order valence-electron chi connectivity index (χ4n) is 2.16. The van der Waals surface area contributed by atoms with Crippen LogP contribution in [0.15, 0.2) is 48.5 Å². The van der Waals surface area contributed by atoms with Crippen LogP contribution in [0.2, 0.25) is 5.02 Å². The van der Waals surface area contributed by atoms with Gasteiger partial charge in [-0.25, -0.2) is 0 Å². The third kappa shape index (κ3) is 4.88. The van der Waals surface area contributed by atoms with E-state index >= 15 is 0 Å². The molecule has 2 N–H and O–H groups in total. The van der Waals surface area contributed by atoms with E-state index in [-0.39, 0.29) is 5.91 Å². The zero-order chi connectivity index (χ0) is 15.2. The maximum absolute atomic E-state index is 12.0. The van der Waals surface area contributed by atoms with E-state index in [4.69, 9.17) is 11.6 Å². The summed E-state index contributed by atoms with van der Waals surface area (Å²) in [5.74, 6) is -0.0108. The minimum Gasteiger partial charge on any atom is -0.326 e. The van der Waals surface area contributed by atoms with Gasteiger partial charge < -0.3 is 10.2 Å². The SMILES string of the molecule is Cc1ccc(NC(=O)C[NH+](C)Cc2ccccc2)cc1Cl. The minimum atomic E-state index is -0.0108. The Balaban J connectivity index is 1.87. The van der Waals surface area contributed by atoms with Crippen molar-refractivity contribution in [2.45, 2.75) is 13.5 Å². The van der Waals surface area contributed by atoms with Gasteiger partial charge in [0.05, 0.1) is 7.05 Å². The first-order valence-corrected chi connectivity index (χ1v) is 7.33. The number of amides is 1. The van der Waals surface area contributed by atoms with Crippen LogP contribution in [0.1, 0.15) is 11.1 Å². The number of carbonyl (C=O) groups is 1. The van der Waals surface area contributed by atoms with Gasteiger partial charge in [-0.15, -0.1) is 0 Å². The predicted octanol–water partition coefficient (Wildman–Crippen LogP) is 2.30. The Labute approximate surface area is 130 Å². The lowest BCUT2D eigenvalue weighted by Crippen LogP contribution is -3.08. The van der Waals surface area contributed by atoms with E-state index in [1.807, 2.05) is 44.3 Å². The molecule has 0 saturated heterocycles. The van der Waals surface area contributed by atoms with Crippen molar-refractivity contribution in [1.29, 1.82) is 0 Å². The molecule has 0 bridgehead atoms. The summed E-state index contributed by atoms with van der Waals surface area (Å²) in [6.07, 6.45) is 0. The molecule has 0 radical (unpaired) electrons. The van der Waals surface area contributed by atoms with Gasteiger partial charge in [-0.1, -0.05) is 48.0 Å². The van der Waals surface area contributed by atoms with Crippen LogP contribution in [-0.4, -0.2) is 19.5 Å². The second-order valence-electron chi connectivity index (χ2n) is 5.31. The van der Waals surface area contributed by atoms with Gasteiger partial charge in [-0.3, -0.25) is 4.79 Å². The van der Waals surface area contributed by atoms with Gasteiger partial charge in [0.1, 0.15) is 6.54 Å². The van der Waals surface area contributed by atoms with Crippen LogP contribution in [0.5, 0.6) is 0 Å². The monoisotopic (exact) mass is 303 g/mol. The van der Waals surface area contributed by atoms with Crippen molar-refractivity contribution in [3.63, 3.8) is 0 Å². The number of hydrogen-bond donors (Lipinski definition) is 2. The maximum atomic E-state index is 12.0. The molecular formula is C17H20ClN2O+. The van der Waals surface area contributed by atoms with Crippen LogP contribution in [0.25, 0.3) is 0 Å². The van der Waals surface area contributed by atoms with Crippen molar-refractivity contribution in [1.82, 2.24) is 0 Å². The number of nitrogens with one attached hydrogen (secondary N) is 2. The molecule has 1 atom stereocenters. The lowest BCUT2D eigenvalue weighted by atomic mass is 10.2. The summed E-state index contributed by atoms with van der Waals surface area (Å²) in [5, 5.41) is 3.55. The van der Waals surface area contributed by atoms with Crippen molar-refractivity contribution in [2.75, 3.05) is 18.9 Å². The first kappa shape index (κ1) is 15.5. The summed E-state index contributed by atoms with van der Waals surface area (Å²) in [4.78, 5) is 13.2. The molecule has 2 aromatic rings. The van der Waals surface area contributed by atoms with Crippen LogP contribution < -0.4 is 10.2 Å². The molecule has 4 heteroatoms. The third-order valence-electron chi connectivity index (χ3n) is 3.27. The molecule has 1 unspecified atom stereocenters. The number of anilines is 1. The molecule has 0 aliphatic rings. The first-order chi connectivity index (χ1) is 10.0. The highest BCUT2D eigenvalue weighted by Crippen LogP contribution is 2.19. The molecule has 0 aliphatic heterocycles. The first-order valence-electron chi connectivity index (χ1n) is 6.96. The standard InChI is InChI=1S/C17H19ClN2O/c1-13-8-9-15(10-16(13)18)19-17(21)12-20(2)11-14-6-4-3-5-7-14/h3-10H,11-12H2,1-2H3,(H,19,21)/p+1. The van der Waals surface area contributed by atoms with Gasteiger partial charge in [0.2, 0.25) is 0 Å². The second-order valence-corrected chi connectivity index (χ2v) is 5.72. The molecule has 0 spiro atoms. The molecule has 110 valence electrons. The van der Waals surface area contributed by atoms with Gasteiger partial charge in [-0.05, 0) is 24.6 Å². The van der Waals surface area contributed by atoms with Crippen LogP contribution >= 0.6 is 11.6 Å². The van der Waals surface area contributed by atoms with Crippen molar-refractivity contribution in [3.8, 4) is 0 Å². The summed E-state index contributed by atoms with van der Waals surface area (Å²) >= 11 is 6.05. The van der Waals surface area contributed by atoms with E-state index in [9.17, 15) is 4.79 Å². The summed E-state index contributed by atoms with van der Waals surface area (Å²) in [7, 11) is 2.01. The molecule has 0 heterocycles. The molecule has 0 saturated carbocycles. The summed E-state index contributed by atoms with van der Waals surface area (Å²) in [6, 6.07) is 15.7. The maximum Gasteiger partial charge on any atom is 0.279 e. The van der Waals surface area contributed by atoms with Gasteiger partial charge >= 0.3 is 0 Å². The van der Waals surface area contributed by atoms with Crippen molar-refractivity contribution in [2.24, 2.45) is 0 Å². The molecule has 1 amide bonds. The molecule has 0 fully saturated rings. The number of rotatable bonds is 5. The van der Waals surface area contributed by atoms with E-state index in [2.05, 4.69) is 17.4 Å². The van der Waals surface area contributed by atoms with Gasteiger partial charge in [0.15, 0.2) is 6.54 Å². The lowest BCUT2D eigenvalue weighted by molar-refractivity contribution is -0.885. The Morgan fingerprint density at radius 1 is 1.19 bits per heavy atom. The van der Waals surface area contributed by atoms with Crippen molar-refractivity contribution < 1.29 is 9.69 Å². The van der Waals surface area contributed by atoms with Gasteiger partial charge in [0.25, 0.3) is 5.91 Å². The van der Waals surface area contributed by atoms with Crippen molar-refractivity contribution >= 4 is 23.2 Å². The van der Waals surface area contributed by atoms with E-state index in [0.717, 1.165) is 22.7 Å². The number of quaternary nitrogens is 1. The van der Waals surface area contributed by atoms with Crippen LogP contribution in [0.4, 0.5) is 5.69 Å². The Morgan fingerprint density at radius 3 is 2.57 bits per heavy atom. The van der Waals surface area contributed by atoms with E-state index in [1.165, 1.54) is 5.56 Å². The number of aryl methyl sites for hydroxylation is 1. The molecule has 0 aromatic heterocycles. The van der Waals surface area contributed by atoms with E-state index < -0.39 is 0 Å². The van der Waals surface area contributed by atoms with Crippen molar-refractivity contribution in [3.05, 3.63) is 64.7 Å². The Kier molecular flexibility index (Phi) is 5.37. The zero-order valence-corrected chi connectivity index (χ0v) is 13.1. The quantitative estimate of drug-likeness (QED) is 0.873.